The zero-order valence-electron chi connectivity index (χ0n) is 9.47. The van der Waals surface area contributed by atoms with Gasteiger partial charge in [-0.05, 0) is 23.8 Å². The molecule has 94 valence electrons. The summed E-state index contributed by atoms with van der Waals surface area (Å²) in [7, 11) is 0. The van der Waals surface area contributed by atoms with Crippen LogP contribution in [0.1, 0.15) is 5.56 Å². The number of nitrogens with zero attached hydrogens (tertiary/aromatic N) is 2. The Kier molecular flexibility index (Phi) is 3.95. The van der Waals surface area contributed by atoms with Gasteiger partial charge in [-0.3, -0.25) is 0 Å². The normalized spacial score (nSPS) is 21.9. The van der Waals surface area contributed by atoms with E-state index < -0.39 is 17.5 Å². The fourth-order valence-electron chi connectivity index (χ4n) is 1.70. The van der Waals surface area contributed by atoms with Crippen LogP contribution in [0, 0.1) is 11.3 Å². The molecule has 0 aliphatic carbocycles. The quantitative estimate of drug-likeness (QED) is 0.659. The molecule has 1 heterocycles. The molecule has 1 aliphatic heterocycles. The van der Waals surface area contributed by atoms with Gasteiger partial charge in [0.1, 0.15) is 0 Å². The number of benzene rings is 1. The number of β-amino-alcohol motifs (C(OH)–C–C–N with tert-alkyl or cyclic N) is 1. The van der Waals surface area contributed by atoms with Crippen molar-refractivity contribution in [3.8, 4) is 6.07 Å². The molecule has 1 aliphatic rings. The van der Waals surface area contributed by atoms with Gasteiger partial charge in [-0.1, -0.05) is 18.2 Å². The van der Waals surface area contributed by atoms with Gasteiger partial charge in [0, 0.05) is 0 Å². The van der Waals surface area contributed by atoms with Gasteiger partial charge in [0.25, 0.3) is 0 Å². The first-order valence-electron chi connectivity index (χ1n) is 5.25. The maximum absolute atomic E-state index is 12.3. The molecule has 18 heavy (non-hydrogen) atoms. The third-order valence-electron chi connectivity index (χ3n) is 2.71. The van der Waals surface area contributed by atoms with E-state index in [1.165, 1.54) is 6.07 Å². The number of hydrogen-bond donors (Lipinski definition) is 1. The van der Waals surface area contributed by atoms with E-state index in [2.05, 4.69) is 6.58 Å². The van der Waals surface area contributed by atoms with Crippen LogP contribution in [-0.2, 0) is 11.4 Å². The summed E-state index contributed by atoms with van der Waals surface area (Å²) in [6.07, 6.45) is -0.647. The van der Waals surface area contributed by atoms with Crippen LogP contribution in [0.4, 0.5) is 0 Å². The van der Waals surface area contributed by atoms with Crippen LogP contribution in [0.3, 0.4) is 0 Å². The summed E-state index contributed by atoms with van der Waals surface area (Å²) in [5.74, 6) is 0. The molecular weight excluding hydrogens is 272 g/mol. The van der Waals surface area contributed by atoms with Crippen molar-refractivity contribution in [1.29, 1.82) is 5.26 Å². The molecule has 0 bridgehead atoms. The molecule has 0 saturated carbocycles. The van der Waals surface area contributed by atoms with Gasteiger partial charge < -0.3 is 9.66 Å². The second-order valence-electron chi connectivity index (χ2n) is 4.00. The highest BCUT2D eigenvalue weighted by atomic mass is 35.5. The van der Waals surface area contributed by atoms with Crippen molar-refractivity contribution in [1.82, 2.24) is 4.31 Å². The maximum atomic E-state index is 12.3. The molecule has 1 aromatic carbocycles. The Labute approximate surface area is 113 Å². The number of aliphatic hydroxyl groups excluding tert-OH is 1. The molecule has 1 aromatic rings. The number of rotatable bonds is 2. The van der Waals surface area contributed by atoms with Crippen molar-refractivity contribution < 1.29 is 9.66 Å². The third kappa shape index (κ3) is 2.53. The Balaban J connectivity index is 2.22. The van der Waals surface area contributed by atoms with Crippen LogP contribution in [0.15, 0.2) is 35.2 Å². The molecule has 0 spiro atoms. The van der Waals surface area contributed by atoms with Crippen LogP contribution in [-0.4, -0.2) is 33.2 Å². The number of nitriles is 1. The summed E-state index contributed by atoms with van der Waals surface area (Å²) in [4.78, 5) is 0.442. The van der Waals surface area contributed by atoms with Gasteiger partial charge in [0.15, 0.2) is 4.90 Å². The smallest absolute Gasteiger partial charge is 0.192 e. The highest BCUT2D eigenvalue weighted by Gasteiger charge is 2.34. The minimum Gasteiger partial charge on any atom is -0.593 e. The first kappa shape index (κ1) is 13.4. The monoisotopic (exact) mass is 282 g/mol. The van der Waals surface area contributed by atoms with Gasteiger partial charge >= 0.3 is 0 Å². The lowest BCUT2D eigenvalue weighted by Gasteiger charge is -2.19. The van der Waals surface area contributed by atoms with Crippen LogP contribution in [0.25, 0.3) is 0 Å². The largest absolute Gasteiger partial charge is 0.593 e. The summed E-state index contributed by atoms with van der Waals surface area (Å²) in [6.45, 7) is 4.37. The molecule has 6 heteroatoms. The predicted molar refractivity (Wildman–Crippen MR) is 69.3 cm³/mol. The predicted octanol–water partition coefficient (Wildman–Crippen LogP) is 1.47. The fraction of sp³-hybridized carbons (Fsp3) is 0.250. The molecule has 1 N–H and O–H groups in total. The Bertz CT molecular complexity index is 529. The highest BCUT2D eigenvalue weighted by molar-refractivity contribution is 7.89. The third-order valence-corrected chi connectivity index (χ3v) is 4.62. The fourth-order valence-corrected chi connectivity index (χ4v) is 3.32. The molecule has 1 saturated heterocycles. The number of aliphatic hydroxyl groups is 1. The summed E-state index contributed by atoms with van der Waals surface area (Å²) in [6, 6.07) is 6.59. The van der Waals surface area contributed by atoms with Crippen molar-refractivity contribution in [3.05, 3.63) is 40.9 Å². The van der Waals surface area contributed by atoms with Crippen LogP contribution >= 0.6 is 11.6 Å². The second-order valence-corrected chi connectivity index (χ2v) is 5.86. The molecule has 0 aromatic heterocycles. The Morgan fingerprint density at radius 1 is 1.61 bits per heavy atom. The molecule has 2 rings (SSSR count). The first-order valence-corrected chi connectivity index (χ1v) is 6.73. The van der Waals surface area contributed by atoms with Crippen LogP contribution in [0.5, 0.6) is 0 Å². The molecule has 2 atom stereocenters. The molecule has 2 unspecified atom stereocenters. The minimum absolute atomic E-state index is 0.280. The van der Waals surface area contributed by atoms with Crippen molar-refractivity contribution in [2.75, 3.05) is 13.1 Å². The second kappa shape index (κ2) is 5.31. The SMILES string of the molecule is C=C1CN([S+]([O-])c2ccc(C#N)cc2Cl)CC1O. The van der Waals surface area contributed by atoms with Gasteiger partial charge in [0.2, 0.25) is 0 Å². The number of hydrogen-bond acceptors (Lipinski definition) is 4. The van der Waals surface area contributed by atoms with E-state index in [1.54, 1.807) is 16.4 Å². The van der Waals surface area contributed by atoms with Gasteiger partial charge in [-0.2, -0.15) is 5.26 Å². The summed E-state index contributed by atoms with van der Waals surface area (Å²) in [5.41, 5.74) is 1.07. The summed E-state index contributed by atoms with van der Waals surface area (Å²) in [5, 5.41) is 18.6. The molecule has 1 fully saturated rings. The van der Waals surface area contributed by atoms with E-state index in [9.17, 15) is 9.66 Å². The average molecular weight is 283 g/mol. The average Bonchev–Trinajstić information content (AvgIpc) is 2.68. The zero-order valence-corrected chi connectivity index (χ0v) is 11.0. The lowest BCUT2D eigenvalue weighted by Crippen LogP contribution is -2.29. The lowest BCUT2D eigenvalue weighted by atomic mass is 10.2. The summed E-state index contributed by atoms with van der Waals surface area (Å²) < 4.78 is 13.9. The zero-order chi connectivity index (χ0) is 13.3. The van der Waals surface area contributed by atoms with E-state index >= 15 is 0 Å². The van der Waals surface area contributed by atoms with E-state index in [-0.39, 0.29) is 6.54 Å². The Morgan fingerprint density at radius 3 is 2.83 bits per heavy atom. The highest BCUT2D eigenvalue weighted by Crippen LogP contribution is 2.28. The molecule has 0 amide bonds. The van der Waals surface area contributed by atoms with Crippen molar-refractivity contribution in [2.24, 2.45) is 0 Å². The van der Waals surface area contributed by atoms with Crippen molar-refractivity contribution >= 4 is 23.0 Å². The Morgan fingerprint density at radius 2 is 2.33 bits per heavy atom. The van der Waals surface area contributed by atoms with E-state index in [0.717, 1.165) is 0 Å². The van der Waals surface area contributed by atoms with Crippen molar-refractivity contribution in [2.45, 2.75) is 11.0 Å². The number of halogens is 1. The summed E-state index contributed by atoms with van der Waals surface area (Å²) >= 11 is 4.55. The Hall–Kier alpha value is -1.03. The van der Waals surface area contributed by atoms with Gasteiger partial charge in [-0.15, -0.1) is 4.31 Å². The van der Waals surface area contributed by atoms with E-state index in [1.807, 2.05) is 6.07 Å². The molecule has 4 nitrogen and oxygen atoms in total. The van der Waals surface area contributed by atoms with E-state index in [0.29, 0.717) is 27.6 Å². The first-order chi connectivity index (χ1) is 8.52. The van der Waals surface area contributed by atoms with Gasteiger partial charge in [-0.25, -0.2) is 0 Å². The molecule has 0 radical (unpaired) electrons. The topological polar surface area (TPSA) is 70.3 Å². The molecular formula is C12H11ClN2O2S. The lowest BCUT2D eigenvalue weighted by molar-refractivity contribution is 0.217. The van der Waals surface area contributed by atoms with E-state index in [4.69, 9.17) is 16.9 Å². The standard InChI is InChI=1S/C12H11ClN2O2S/c1-8-6-15(7-11(8)16)18(17)12-3-2-9(5-14)4-10(12)13/h2-4,11,16H,1,6-7H2. The van der Waals surface area contributed by atoms with Gasteiger partial charge in [0.05, 0.1) is 47.2 Å². The maximum Gasteiger partial charge on any atom is 0.192 e. The minimum atomic E-state index is -1.45. The van der Waals surface area contributed by atoms with Crippen LogP contribution < -0.4 is 0 Å². The van der Waals surface area contributed by atoms with Crippen molar-refractivity contribution in [3.63, 3.8) is 0 Å². The van der Waals surface area contributed by atoms with Crippen LogP contribution in [0.2, 0.25) is 5.02 Å².